The van der Waals surface area contributed by atoms with E-state index < -0.39 is 6.29 Å². The van der Waals surface area contributed by atoms with Crippen molar-refractivity contribution in [3.63, 3.8) is 0 Å². The predicted octanol–water partition coefficient (Wildman–Crippen LogP) is 7.17. The van der Waals surface area contributed by atoms with Gasteiger partial charge in [-0.15, -0.1) is 6.58 Å². The second kappa shape index (κ2) is 11.2. The number of carbonyl (C=O) groups excluding carboxylic acids is 1. The third kappa shape index (κ3) is 5.89. The Morgan fingerprint density at radius 2 is 1.76 bits per heavy atom. The Kier molecular flexibility index (Phi) is 8.29. The Balaban J connectivity index is 1.26. The fourth-order valence-electron chi connectivity index (χ4n) is 6.22. The second-order valence-corrected chi connectivity index (χ2v) is 10.6. The zero-order chi connectivity index (χ0) is 23.2. The molecule has 1 aliphatic heterocycles. The molecule has 2 bridgehead atoms. The van der Waals surface area contributed by atoms with E-state index in [-0.39, 0.29) is 18.7 Å². The summed E-state index contributed by atoms with van der Waals surface area (Å²) in [6, 6.07) is 9.11. The van der Waals surface area contributed by atoms with Crippen LogP contribution in [0.15, 0.2) is 36.9 Å². The van der Waals surface area contributed by atoms with E-state index in [1.165, 1.54) is 69.8 Å². The number of fused-ring (bicyclic) bond motifs is 3. The molecule has 1 aromatic carbocycles. The number of hydrogen-bond donors (Lipinski definition) is 0. The van der Waals surface area contributed by atoms with Gasteiger partial charge in [0.1, 0.15) is 12.7 Å². The minimum absolute atomic E-state index is 0.101. The molecule has 0 radical (unpaired) electrons. The summed E-state index contributed by atoms with van der Waals surface area (Å²) in [6.07, 6.45) is 16.9. The van der Waals surface area contributed by atoms with E-state index in [4.69, 9.17) is 14.2 Å². The normalized spacial score (nSPS) is 31.3. The minimum Gasteiger partial charge on any atom is -0.433 e. The standard InChI is InChI=1S/C29H42O4/c1-3-5-7-9-26(30)33-27-22-31-25(21-32-27)23-10-12-24(13-11-23)29-18-15-28(16-19-29,17-20-29)14-8-6-4-2/h3,10-13,25,27H,1,4-9,14-22H2,2H3/t25-,27-,28?,29?/m1/s1. The summed E-state index contributed by atoms with van der Waals surface area (Å²) >= 11 is 0. The number of carbonyl (C=O) groups is 1. The molecule has 2 atom stereocenters. The number of unbranched alkanes of at least 4 members (excludes halogenated alkanes) is 3. The number of esters is 1. The van der Waals surface area contributed by atoms with Gasteiger partial charge in [0.2, 0.25) is 6.29 Å². The molecule has 3 aliphatic carbocycles. The van der Waals surface area contributed by atoms with Gasteiger partial charge in [0.05, 0.1) is 6.61 Å². The summed E-state index contributed by atoms with van der Waals surface area (Å²) < 4.78 is 17.1. The average molecular weight is 455 g/mol. The lowest BCUT2D eigenvalue weighted by Crippen LogP contribution is -2.44. The van der Waals surface area contributed by atoms with Gasteiger partial charge in [0, 0.05) is 6.42 Å². The first-order valence-electron chi connectivity index (χ1n) is 13.2. The molecule has 33 heavy (non-hydrogen) atoms. The molecule has 0 aromatic heterocycles. The first-order chi connectivity index (χ1) is 16.1. The maximum Gasteiger partial charge on any atom is 0.308 e. The van der Waals surface area contributed by atoms with Gasteiger partial charge in [-0.05, 0) is 79.7 Å². The molecule has 1 heterocycles. The van der Waals surface area contributed by atoms with E-state index in [0.29, 0.717) is 23.9 Å². The van der Waals surface area contributed by atoms with Gasteiger partial charge in [0.25, 0.3) is 0 Å². The summed E-state index contributed by atoms with van der Waals surface area (Å²) in [5.41, 5.74) is 3.69. The highest BCUT2D eigenvalue weighted by molar-refractivity contribution is 5.69. The summed E-state index contributed by atoms with van der Waals surface area (Å²) in [4.78, 5) is 11.9. The fourth-order valence-corrected chi connectivity index (χ4v) is 6.22. The zero-order valence-corrected chi connectivity index (χ0v) is 20.5. The number of rotatable bonds is 11. The number of ether oxygens (including phenoxy) is 3. The van der Waals surface area contributed by atoms with E-state index >= 15 is 0 Å². The van der Waals surface area contributed by atoms with Crippen molar-refractivity contribution < 1.29 is 19.0 Å². The largest absolute Gasteiger partial charge is 0.433 e. The predicted molar refractivity (Wildman–Crippen MR) is 131 cm³/mol. The SMILES string of the molecule is C=CCCCC(=O)O[C@@H]1CO[C@@H](c2ccc(C34CCC(CCCCC)(CC3)CC4)cc2)CO1. The molecule has 0 N–H and O–H groups in total. The Morgan fingerprint density at radius 3 is 2.36 bits per heavy atom. The van der Waals surface area contributed by atoms with Gasteiger partial charge in [-0.3, -0.25) is 4.79 Å². The van der Waals surface area contributed by atoms with Gasteiger partial charge in [-0.2, -0.15) is 0 Å². The van der Waals surface area contributed by atoms with E-state index in [2.05, 4.69) is 37.8 Å². The molecular weight excluding hydrogens is 412 g/mol. The van der Waals surface area contributed by atoms with Crippen LogP contribution in [0.25, 0.3) is 0 Å². The van der Waals surface area contributed by atoms with Crippen molar-refractivity contribution in [2.45, 2.75) is 108 Å². The molecule has 5 rings (SSSR count). The quantitative estimate of drug-likeness (QED) is 0.202. The van der Waals surface area contributed by atoms with Crippen molar-refractivity contribution in [2.75, 3.05) is 13.2 Å². The van der Waals surface area contributed by atoms with E-state index in [1.807, 2.05) is 6.08 Å². The first kappa shape index (κ1) is 24.5. The third-order valence-corrected chi connectivity index (χ3v) is 8.53. The molecule has 1 aromatic rings. The lowest BCUT2D eigenvalue weighted by Gasteiger charge is -2.54. The Hall–Kier alpha value is -1.65. The molecule has 0 amide bonds. The first-order valence-corrected chi connectivity index (χ1v) is 13.2. The molecule has 0 unspecified atom stereocenters. The second-order valence-electron chi connectivity index (χ2n) is 10.6. The molecule has 4 heteroatoms. The average Bonchev–Trinajstić information content (AvgIpc) is 2.86. The third-order valence-electron chi connectivity index (χ3n) is 8.53. The van der Waals surface area contributed by atoms with Crippen LogP contribution >= 0.6 is 0 Å². The van der Waals surface area contributed by atoms with Gasteiger partial charge in [-0.25, -0.2) is 0 Å². The Morgan fingerprint density at radius 1 is 1.03 bits per heavy atom. The number of hydrogen-bond acceptors (Lipinski definition) is 4. The maximum absolute atomic E-state index is 11.9. The van der Waals surface area contributed by atoms with Crippen molar-refractivity contribution in [1.29, 1.82) is 0 Å². The molecule has 182 valence electrons. The monoisotopic (exact) mass is 454 g/mol. The van der Waals surface area contributed by atoms with Gasteiger partial charge in [0.15, 0.2) is 0 Å². The van der Waals surface area contributed by atoms with Crippen molar-refractivity contribution in [1.82, 2.24) is 0 Å². The summed E-state index contributed by atoms with van der Waals surface area (Å²) in [7, 11) is 0. The lowest BCUT2D eigenvalue weighted by molar-refractivity contribution is -0.233. The fraction of sp³-hybridized carbons (Fsp3) is 0.690. The summed E-state index contributed by atoms with van der Waals surface area (Å²) in [5.74, 6) is -0.234. The smallest absolute Gasteiger partial charge is 0.308 e. The molecule has 1 saturated heterocycles. The molecule has 4 fully saturated rings. The van der Waals surface area contributed by atoms with Crippen LogP contribution in [-0.4, -0.2) is 25.5 Å². The highest BCUT2D eigenvalue weighted by Gasteiger charge is 2.48. The van der Waals surface area contributed by atoms with Crippen LogP contribution in [0, 0.1) is 5.41 Å². The van der Waals surface area contributed by atoms with Crippen LogP contribution in [0.2, 0.25) is 0 Å². The maximum atomic E-state index is 11.9. The highest BCUT2D eigenvalue weighted by Crippen LogP contribution is 2.59. The van der Waals surface area contributed by atoms with Crippen LogP contribution in [0.1, 0.15) is 108 Å². The van der Waals surface area contributed by atoms with Crippen LogP contribution < -0.4 is 0 Å². The van der Waals surface area contributed by atoms with E-state index in [9.17, 15) is 4.79 Å². The summed E-state index contributed by atoms with van der Waals surface area (Å²) in [5, 5.41) is 0. The Bertz CT molecular complexity index is 751. The van der Waals surface area contributed by atoms with E-state index in [0.717, 1.165) is 18.4 Å². The van der Waals surface area contributed by atoms with Crippen LogP contribution in [0.4, 0.5) is 0 Å². The highest BCUT2D eigenvalue weighted by atomic mass is 16.7. The molecule has 4 nitrogen and oxygen atoms in total. The molecular formula is C29H42O4. The summed E-state index contributed by atoms with van der Waals surface area (Å²) in [6.45, 7) is 6.67. The molecule has 3 saturated carbocycles. The van der Waals surface area contributed by atoms with Gasteiger partial charge >= 0.3 is 5.97 Å². The van der Waals surface area contributed by atoms with Crippen molar-refractivity contribution in [3.8, 4) is 0 Å². The number of benzene rings is 1. The molecule has 4 aliphatic rings. The topological polar surface area (TPSA) is 44.8 Å². The number of allylic oxidation sites excluding steroid dienone is 1. The van der Waals surface area contributed by atoms with Crippen molar-refractivity contribution in [3.05, 3.63) is 48.0 Å². The van der Waals surface area contributed by atoms with Crippen molar-refractivity contribution in [2.24, 2.45) is 5.41 Å². The minimum atomic E-state index is -0.599. The molecule has 0 spiro atoms. The van der Waals surface area contributed by atoms with Gasteiger partial charge < -0.3 is 14.2 Å². The van der Waals surface area contributed by atoms with Crippen molar-refractivity contribution >= 4 is 5.97 Å². The van der Waals surface area contributed by atoms with E-state index in [1.54, 1.807) is 0 Å². The van der Waals surface area contributed by atoms with Gasteiger partial charge in [-0.1, -0.05) is 56.5 Å². The van der Waals surface area contributed by atoms with Crippen LogP contribution in [-0.2, 0) is 24.4 Å². The van der Waals surface area contributed by atoms with Crippen LogP contribution in [0.5, 0.6) is 0 Å². The van der Waals surface area contributed by atoms with Crippen LogP contribution in [0.3, 0.4) is 0 Å². The Labute approximate surface area is 200 Å². The lowest BCUT2D eigenvalue weighted by atomic mass is 9.51. The zero-order valence-electron chi connectivity index (χ0n) is 20.5.